The first-order chi connectivity index (χ1) is 31.4. The minimum atomic E-state index is -0.443. The van der Waals surface area contributed by atoms with Crippen molar-refractivity contribution in [2.75, 3.05) is 85.3 Å². The van der Waals surface area contributed by atoms with Crippen LogP contribution < -0.4 is 17.0 Å². The summed E-state index contributed by atoms with van der Waals surface area (Å²) in [4.78, 5) is 7.75. The molecule has 0 aromatic heterocycles. The summed E-state index contributed by atoms with van der Waals surface area (Å²) in [5.41, 5.74) is -0.235. The fraction of sp³-hybridized carbons (Fsp3) is 0.964. The molecule has 12 aliphatic rings. The summed E-state index contributed by atoms with van der Waals surface area (Å²) in [6.45, 7) is 22.5. The highest BCUT2D eigenvalue weighted by atomic mass is 79.9. The lowest BCUT2D eigenvalue weighted by molar-refractivity contribution is -0.935. The van der Waals surface area contributed by atoms with Crippen LogP contribution in [0, 0.1) is 58.2 Å². The molecule has 0 aromatic rings. The highest BCUT2D eigenvalue weighted by Crippen LogP contribution is 2.67. The van der Waals surface area contributed by atoms with Gasteiger partial charge in [0.25, 0.3) is 0 Å². The summed E-state index contributed by atoms with van der Waals surface area (Å²) in [5.74, 6) is 5.06. The van der Waals surface area contributed by atoms with Gasteiger partial charge in [0.05, 0.1) is 75.5 Å². The number of aliphatic hydroxyl groups excluding tert-OH is 2. The van der Waals surface area contributed by atoms with Crippen molar-refractivity contribution >= 4 is 0 Å². The van der Waals surface area contributed by atoms with Gasteiger partial charge in [-0.3, -0.25) is 9.80 Å². The van der Waals surface area contributed by atoms with Crippen LogP contribution in [0.4, 0.5) is 0 Å². The third-order valence-electron chi connectivity index (χ3n) is 23.4. The molecule has 6 unspecified atom stereocenters. The Bertz CT molecular complexity index is 1670. The Morgan fingerprint density at radius 2 is 1.06 bits per heavy atom. The van der Waals surface area contributed by atoms with Crippen molar-refractivity contribution < 1.29 is 51.4 Å². The summed E-state index contributed by atoms with van der Waals surface area (Å²) in [6, 6.07) is 1.82. The van der Waals surface area contributed by atoms with E-state index in [0.717, 1.165) is 116 Å². The second kappa shape index (κ2) is 19.3. The number of aliphatic hydroxyl groups is 4. The second-order valence-electron chi connectivity index (χ2n) is 25.8. The molecule has 0 radical (unpaired) electrons. The first kappa shape index (κ1) is 49.4. The van der Waals surface area contributed by atoms with Crippen LogP contribution in [0.2, 0.25) is 0 Å². The monoisotopic (exact) mass is 985 g/mol. The topological polar surface area (TPSA) is 109 Å². The van der Waals surface area contributed by atoms with E-state index >= 15 is 0 Å². The Kier molecular flexibility index (Phi) is 14.5. The van der Waals surface area contributed by atoms with E-state index in [-0.39, 0.29) is 35.2 Å². The molecule has 0 spiro atoms. The van der Waals surface area contributed by atoms with Crippen molar-refractivity contribution in [2.24, 2.45) is 58.2 Å². The molecule has 10 nitrogen and oxygen atoms in total. The van der Waals surface area contributed by atoms with Gasteiger partial charge in [-0.25, -0.2) is 0 Å². The molecule has 376 valence electrons. The maximum atomic E-state index is 12.0. The SMILES string of the molecule is C=CC[N+]1([C@H]2CC3C4CC[C@H]5C[C@H](O)[C@@H](N6CCOCC6)C[C@]5(C)C4CC[C@]3(O)C2)CCCC1.C[C@]12C[C@H](N3CCOCC3)[C@@H](O)C[C@@H]1CCC1C3C[C@H](N4CCCC4)C[C@@]3(O)CCC12.[Br-]. The standard InChI is InChI=1S/C29H49N2O3.C26H44N2O3.BrH/c1-3-12-31(13-4-5-14-31)22-18-25-23-7-6-21-17-27(32)26(30-10-15-34-16-11-30)20-28(21,2)24(23)8-9-29(25,33)19-22;1-25-17-23(28-10-12-31-13-11-28)24(29)14-18(25)4-5-20-21(25)6-7-26(30)16-19(15-22(20)26)27-8-2-3-9-27;/h3,21-27,32-33H,1,4-20H2,2H3;18-24,29-30H,2-17H2,1H3;1H/q+1;;/p-1/t21-,22-,23?,24?,25?,26-,27-,28-,29-;18-,19-,20?,21?,22?,23-,24-,25-,26-;/m00./s1. The maximum absolute atomic E-state index is 12.0. The molecule has 4 N–H and O–H groups in total. The minimum Gasteiger partial charge on any atom is -1.00 e. The quantitative estimate of drug-likeness (QED) is 0.235. The number of likely N-dealkylation sites (tertiary alicyclic amines) is 2. The van der Waals surface area contributed by atoms with Crippen molar-refractivity contribution in [1.29, 1.82) is 0 Å². The Morgan fingerprint density at radius 3 is 1.56 bits per heavy atom. The van der Waals surface area contributed by atoms with Gasteiger partial charge in [0, 0.05) is 70.0 Å². The summed E-state index contributed by atoms with van der Waals surface area (Å²) >= 11 is 0. The first-order valence-corrected chi connectivity index (χ1v) is 28.0. The zero-order valence-corrected chi connectivity index (χ0v) is 43.1. The van der Waals surface area contributed by atoms with Crippen molar-refractivity contribution in [2.45, 2.75) is 190 Å². The number of ether oxygens (including phenoxy) is 2. The van der Waals surface area contributed by atoms with Crippen LogP contribution in [0.3, 0.4) is 0 Å². The molecule has 66 heavy (non-hydrogen) atoms. The molecule has 0 amide bonds. The van der Waals surface area contributed by atoms with Gasteiger partial charge in [0.2, 0.25) is 0 Å². The normalized spacial score (nSPS) is 51.4. The Hall–Kier alpha value is -0.180. The van der Waals surface area contributed by atoms with Crippen molar-refractivity contribution in [3.8, 4) is 0 Å². The summed E-state index contributed by atoms with van der Waals surface area (Å²) in [5, 5.41) is 46.1. The van der Waals surface area contributed by atoms with Crippen molar-refractivity contribution in [3.63, 3.8) is 0 Å². The smallest absolute Gasteiger partial charge is 0.0973 e. The van der Waals surface area contributed by atoms with Crippen molar-refractivity contribution in [1.82, 2.24) is 14.7 Å². The number of morpholine rings is 2. The maximum Gasteiger partial charge on any atom is 0.0973 e. The number of hydrogen-bond donors (Lipinski definition) is 4. The Labute approximate surface area is 410 Å². The lowest BCUT2D eigenvalue weighted by Crippen LogP contribution is -3.00. The van der Waals surface area contributed by atoms with E-state index in [1.807, 2.05) is 0 Å². The molecule has 4 saturated heterocycles. The highest BCUT2D eigenvalue weighted by molar-refractivity contribution is 5.15. The predicted molar refractivity (Wildman–Crippen MR) is 255 cm³/mol. The highest BCUT2D eigenvalue weighted by Gasteiger charge is 2.65. The van der Waals surface area contributed by atoms with Crippen LogP contribution in [0.1, 0.15) is 142 Å². The molecule has 12 fully saturated rings. The van der Waals surface area contributed by atoms with Gasteiger partial charge in [0.1, 0.15) is 0 Å². The van der Waals surface area contributed by atoms with Crippen LogP contribution in [0.25, 0.3) is 0 Å². The number of rotatable bonds is 6. The molecular weight excluding hydrogens is 893 g/mol. The van der Waals surface area contributed by atoms with Gasteiger partial charge in [-0.05, 0) is 180 Å². The first-order valence-electron chi connectivity index (χ1n) is 28.0. The minimum absolute atomic E-state index is 0. The van der Waals surface area contributed by atoms with E-state index < -0.39 is 11.2 Å². The van der Waals surface area contributed by atoms with E-state index in [1.54, 1.807) is 0 Å². The van der Waals surface area contributed by atoms with Gasteiger partial charge in [-0.15, -0.1) is 0 Å². The van der Waals surface area contributed by atoms with E-state index in [1.165, 1.54) is 108 Å². The van der Waals surface area contributed by atoms with E-state index in [9.17, 15) is 20.4 Å². The average molecular weight is 986 g/mol. The Morgan fingerprint density at radius 1 is 0.576 bits per heavy atom. The van der Waals surface area contributed by atoms with Gasteiger partial charge in [-0.2, -0.15) is 0 Å². The molecule has 4 heterocycles. The van der Waals surface area contributed by atoms with E-state index in [0.29, 0.717) is 70.4 Å². The Balaban J connectivity index is 0.000000153. The molecule has 11 heteroatoms. The molecule has 0 bridgehead atoms. The fourth-order valence-electron chi connectivity index (χ4n) is 20.1. The third kappa shape index (κ3) is 8.53. The number of halogens is 1. The molecule has 18 atom stereocenters. The molecule has 8 saturated carbocycles. The van der Waals surface area contributed by atoms with Crippen LogP contribution in [0.15, 0.2) is 12.7 Å². The number of nitrogens with zero attached hydrogens (tertiary/aromatic N) is 4. The van der Waals surface area contributed by atoms with Crippen molar-refractivity contribution in [3.05, 3.63) is 12.7 Å². The van der Waals surface area contributed by atoms with Crippen LogP contribution >= 0.6 is 0 Å². The zero-order valence-electron chi connectivity index (χ0n) is 41.5. The number of quaternary nitrogens is 1. The molecule has 12 rings (SSSR count). The largest absolute Gasteiger partial charge is 1.00 e. The lowest BCUT2D eigenvalue weighted by atomic mass is 9.46. The molecule has 4 aliphatic heterocycles. The van der Waals surface area contributed by atoms with E-state index in [2.05, 4.69) is 41.2 Å². The average Bonchev–Trinajstić information content (AvgIpc) is 4.14. The van der Waals surface area contributed by atoms with Crippen LogP contribution in [0.5, 0.6) is 0 Å². The van der Waals surface area contributed by atoms with Gasteiger partial charge in [0.15, 0.2) is 0 Å². The fourth-order valence-corrected chi connectivity index (χ4v) is 20.1. The molecular formula is C55H93BrN4O6. The molecule has 8 aliphatic carbocycles. The second-order valence-corrected chi connectivity index (χ2v) is 25.8. The summed E-state index contributed by atoms with van der Waals surface area (Å²) in [6.07, 6.45) is 25.3. The summed E-state index contributed by atoms with van der Waals surface area (Å²) in [7, 11) is 0. The number of fused-ring (bicyclic) bond motifs is 10. The van der Waals surface area contributed by atoms with Crippen LogP contribution in [-0.4, -0.2) is 173 Å². The van der Waals surface area contributed by atoms with E-state index in [4.69, 9.17) is 9.47 Å². The van der Waals surface area contributed by atoms with Gasteiger partial charge >= 0.3 is 0 Å². The predicted octanol–water partition coefficient (Wildman–Crippen LogP) is 3.48. The molecule has 0 aromatic carbocycles. The summed E-state index contributed by atoms with van der Waals surface area (Å²) < 4.78 is 12.4. The number of hydrogen-bond acceptors (Lipinski definition) is 9. The zero-order chi connectivity index (χ0) is 44.8. The third-order valence-corrected chi connectivity index (χ3v) is 23.4. The van der Waals surface area contributed by atoms with Gasteiger partial charge in [-0.1, -0.05) is 20.4 Å². The van der Waals surface area contributed by atoms with Gasteiger partial charge < -0.3 is 56.3 Å². The van der Waals surface area contributed by atoms with Crippen LogP contribution in [-0.2, 0) is 9.47 Å². The lowest BCUT2D eigenvalue weighted by Gasteiger charge is -2.61.